The van der Waals surface area contributed by atoms with Crippen molar-refractivity contribution in [3.8, 4) is 0 Å². The van der Waals surface area contributed by atoms with Crippen LogP contribution in [-0.4, -0.2) is 60.3 Å². The normalized spacial score (nSPS) is 16.9. The third-order valence-electron chi connectivity index (χ3n) is 5.25. The molecule has 0 saturated carbocycles. The molecule has 148 valence electrons. The highest BCUT2D eigenvalue weighted by Gasteiger charge is 2.25. The molecule has 0 radical (unpaired) electrons. The summed E-state index contributed by atoms with van der Waals surface area (Å²) in [6, 6.07) is 6.08. The van der Waals surface area contributed by atoms with Crippen LogP contribution < -0.4 is 9.80 Å². The lowest BCUT2D eigenvalue weighted by atomic mass is 10.1. The van der Waals surface area contributed by atoms with Gasteiger partial charge in [0.05, 0.1) is 6.42 Å². The first-order valence-corrected chi connectivity index (χ1v) is 9.64. The first-order valence-electron chi connectivity index (χ1n) is 9.26. The summed E-state index contributed by atoms with van der Waals surface area (Å²) in [7, 11) is 0. The van der Waals surface area contributed by atoms with Gasteiger partial charge >= 0.3 is 0 Å². The highest BCUT2D eigenvalue weighted by atomic mass is 35.5. The Morgan fingerprint density at radius 3 is 2.18 bits per heavy atom. The Hall–Kier alpha value is -2.48. The molecule has 4 rings (SSSR count). The number of halogens is 3. The van der Waals surface area contributed by atoms with E-state index >= 15 is 0 Å². The largest absolute Gasteiger partial charge is 0.371 e. The third kappa shape index (κ3) is 3.87. The number of amides is 1. The summed E-state index contributed by atoms with van der Waals surface area (Å²) in [4.78, 5) is 18.1. The van der Waals surface area contributed by atoms with E-state index in [4.69, 9.17) is 11.6 Å². The van der Waals surface area contributed by atoms with Crippen molar-refractivity contribution in [3.05, 3.63) is 46.6 Å². The third-order valence-corrected chi connectivity index (χ3v) is 5.45. The Kier molecular flexibility index (Phi) is 5.30. The van der Waals surface area contributed by atoms with Gasteiger partial charge in [0.25, 0.3) is 0 Å². The van der Waals surface area contributed by atoms with Gasteiger partial charge in [0, 0.05) is 50.5 Å². The molecule has 3 heterocycles. The number of nitrogens with zero attached hydrogens (tertiary/aromatic N) is 5. The highest BCUT2D eigenvalue weighted by molar-refractivity contribution is 6.29. The summed E-state index contributed by atoms with van der Waals surface area (Å²) in [5.41, 5.74) is 0.371. The summed E-state index contributed by atoms with van der Waals surface area (Å²) in [5.74, 6) is -0.915. The van der Waals surface area contributed by atoms with Gasteiger partial charge in [-0.05, 0) is 30.7 Å². The summed E-state index contributed by atoms with van der Waals surface area (Å²) < 4.78 is 28.8. The maximum absolute atomic E-state index is 14.4. The van der Waals surface area contributed by atoms with Gasteiger partial charge in [0.2, 0.25) is 5.91 Å². The molecule has 2 aliphatic heterocycles. The zero-order chi connectivity index (χ0) is 19.7. The molecule has 2 saturated heterocycles. The number of rotatable bonds is 4. The molecule has 2 aliphatic rings. The van der Waals surface area contributed by atoms with E-state index in [2.05, 4.69) is 10.2 Å². The van der Waals surface area contributed by atoms with E-state index < -0.39 is 11.6 Å². The van der Waals surface area contributed by atoms with Gasteiger partial charge in [-0.3, -0.25) is 4.79 Å². The molecule has 6 nitrogen and oxygen atoms in total. The number of hydrogen-bond donors (Lipinski definition) is 0. The lowest BCUT2D eigenvalue weighted by molar-refractivity contribution is -0.130. The molecular formula is C19H20ClF2N5O. The van der Waals surface area contributed by atoms with Crippen LogP contribution >= 0.6 is 11.6 Å². The highest BCUT2D eigenvalue weighted by Crippen LogP contribution is 2.26. The average Bonchev–Trinajstić information content (AvgIpc) is 2.64. The summed E-state index contributed by atoms with van der Waals surface area (Å²) >= 11 is 5.75. The minimum atomic E-state index is -0.662. The standard InChI is InChI=1S/C19H20ClF2N5O/c20-17-2-3-18(24-23-17)26-6-8-27(9-7-26)19(28)12-14-15(21)10-13(11-16(14)22)25-4-1-5-25/h2-3,10-11H,1,4-9,12H2. The van der Waals surface area contributed by atoms with E-state index in [9.17, 15) is 13.6 Å². The van der Waals surface area contributed by atoms with Crippen molar-refractivity contribution in [2.24, 2.45) is 0 Å². The Morgan fingerprint density at radius 1 is 0.964 bits per heavy atom. The molecular weight excluding hydrogens is 388 g/mol. The van der Waals surface area contributed by atoms with Crippen LogP contribution in [-0.2, 0) is 11.2 Å². The Labute approximate surface area is 166 Å². The number of carbonyl (C=O) groups is 1. The number of aromatic nitrogens is 2. The fraction of sp³-hybridized carbons (Fsp3) is 0.421. The predicted octanol–water partition coefficient (Wildman–Crippen LogP) is 2.51. The van der Waals surface area contributed by atoms with Crippen molar-refractivity contribution in [3.63, 3.8) is 0 Å². The number of piperazine rings is 1. The molecule has 0 unspecified atom stereocenters. The number of hydrogen-bond acceptors (Lipinski definition) is 5. The van der Waals surface area contributed by atoms with Crippen LogP contribution in [0.1, 0.15) is 12.0 Å². The summed E-state index contributed by atoms with van der Waals surface area (Å²) in [6.07, 6.45) is 0.746. The van der Waals surface area contributed by atoms with Crippen molar-refractivity contribution in [1.82, 2.24) is 15.1 Å². The molecule has 0 spiro atoms. The molecule has 28 heavy (non-hydrogen) atoms. The smallest absolute Gasteiger partial charge is 0.227 e. The van der Waals surface area contributed by atoms with Crippen molar-refractivity contribution < 1.29 is 13.6 Å². The maximum atomic E-state index is 14.4. The second-order valence-electron chi connectivity index (χ2n) is 6.99. The van der Waals surface area contributed by atoms with Gasteiger partial charge in [0.15, 0.2) is 11.0 Å². The maximum Gasteiger partial charge on any atom is 0.227 e. The SMILES string of the molecule is O=C(Cc1c(F)cc(N2CCC2)cc1F)N1CCN(c2ccc(Cl)nn2)CC1. The number of anilines is 2. The molecule has 0 aliphatic carbocycles. The molecule has 1 aromatic carbocycles. The van der Waals surface area contributed by atoms with Gasteiger partial charge in [-0.2, -0.15) is 0 Å². The van der Waals surface area contributed by atoms with Gasteiger partial charge in [-0.1, -0.05) is 11.6 Å². The van der Waals surface area contributed by atoms with Crippen molar-refractivity contribution >= 4 is 29.0 Å². The van der Waals surface area contributed by atoms with E-state index in [1.54, 1.807) is 17.0 Å². The van der Waals surface area contributed by atoms with Crippen LogP contribution in [0.3, 0.4) is 0 Å². The van der Waals surface area contributed by atoms with E-state index in [1.165, 1.54) is 12.1 Å². The van der Waals surface area contributed by atoms with E-state index in [-0.39, 0.29) is 17.9 Å². The van der Waals surface area contributed by atoms with Crippen molar-refractivity contribution in [2.75, 3.05) is 49.1 Å². The van der Waals surface area contributed by atoms with Crippen LogP contribution in [0.5, 0.6) is 0 Å². The lowest BCUT2D eigenvalue weighted by Gasteiger charge is -2.35. The fourth-order valence-electron chi connectivity index (χ4n) is 3.44. The molecule has 1 aromatic heterocycles. The van der Waals surface area contributed by atoms with Crippen LogP contribution in [0.2, 0.25) is 5.15 Å². The first-order chi connectivity index (χ1) is 13.5. The molecule has 0 bridgehead atoms. The minimum absolute atomic E-state index is 0.166. The quantitative estimate of drug-likeness (QED) is 0.779. The van der Waals surface area contributed by atoms with Crippen LogP contribution in [0.4, 0.5) is 20.3 Å². The first kappa shape index (κ1) is 18.9. The van der Waals surface area contributed by atoms with E-state index in [0.717, 1.165) is 19.5 Å². The van der Waals surface area contributed by atoms with Crippen LogP contribution in [0.25, 0.3) is 0 Å². The van der Waals surface area contributed by atoms with E-state index in [1.807, 2.05) is 9.80 Å². The Morgan fingerprint density at radius 2 is 1.64 bits per heavy atom. The second-order valence-corrected chi connectivity index (χ2v) is 7.37. The minimum Gasteiger partial charge on any atom is -0.371 e. The number of carbonyl (C=O) groups excluding carboxylic acids is 1. The molecule has 0 atom stereocenters. The molecule has 0 N–H and O–H groups in total. The summed E-state index contributed by atoms with van der Waals surface area (Å²) in [6.45, 7) is 3.66. The van der Waals surface area contributed by atoms with Gasteiger partial charge < -0.3 is 14.7 Å². The fourth-order valence-corrected chi connectivity index (χ4v) is 3.54. The predicted molar refractivity (Wildman–Crippen MR) is 103 cm³/mol. The van der Waals surface area contributed by atoms with Gasteiger partial charge in [0.1, 0.15) is 11.6 Å². The number of benzene rings is 1. The van der Waals surface area contributed by atoms with Crippen molar-refractivity contribution in [1.29, 1.82) is 0 Å². The zero-order valence-electron chi connectivity index (χ0n) is 15.2. The zero-order valence-corrected chi connectivity index (χ0v) is 16.0. The molecule has 9 heteroatoms. The second kappa shape index (κ2) is 7.87. The molecule has 2 fully saturated rings. The van der Waals surface area contributed by atoms with Gasteiger partial charge in [-0.15, -0.1) is 10.2 Å². The van der Waals surface area contributed by atoms with E-state index in [0.29, 0.717) is 42.8 Å². The van der Waals surface area contributed by atoms with Gasteiger partial charge in [-0.25, -0.2) is 8.78 Å². The van der Waals surface area contributed by atoms with Crippen molar-refractivity contribution in [2.45, 2.75) is 12.8 Å². The Balaban J connectivity index is 1.37. The summed E-state index contributed by atoms with van der Waals surface area (Å²) in [5, 5.41) is 8.18. The molecule has 2 aromatic rings. The lowest BCUT2D eigenvalue weighted by Crippen LogP contribution is -2.49. The average molecular weight is 408 g/mol. The monoisotopic (exact) mass is 407 g/mol. The topological polar surface area (TPSA) is 52.6 Å². The Bertz CT molecular complexity index is 844. The van der Waals surface area contributed by atoms with Crippen LogP contribution in [0, 0.1) is 11.6 Å². The molecule has 1 amide bonds. The van der Waals surface area contributed by atoms with Crippen LogP contribution in [0.15, 0.2) is 24.3 Å².